The number of aromatic nitrogens is 1. The summed E-state index contributed by atoms with van der Waals surface area (Å²) in [4.78, 5) is 3.82. The molecule has 17 heavy (non-hydrogen) atoms. The summed E-state index contributed by atoms with van der Waals surface area (Å²) in [6.07, 6.45) is 2.96. The van der Waals surface area contributed by atoms with Crippen molar-refractivity contribution in [1.82, 2.24) is 4.98 Å². The van der Waals surface area contributed by atoms with Gasteiger partial charge in [-0.3, -0.25) is 4.98 Å². The molecule has 0 amide bonds. The molecule has 6 heteroatoms. The zero-order valence-electron chi connectivity index (χ0n) is 8.55. The number of benzene rings is 1. The van der Waals surface area contributed by atoms with E-state index in [1.54, 1.807) is 6.07 Å². The normalized spacial score (nSPS) is 10.3. The van der Waals surface area contributed by atoms with E-state index in [2.05, 4.69) is 26.2 Å². The molecule has 0 saturated heterocycles. The van der Waals surface area contributed by atoms with Gasteiger partial charge in [0, 0.05) is 16.7 Å². The molecule has 0 fully saturated rings. The molecule has 2 rings (SSSR count). The summed E-state index contributed by atoms with van der Waals surface area (Å²) in [6.45, 7) is 0. The van der Waals surface area contributed by atoms with Crippen molar-refractivity contribution in [3.05, 3.63) is 46.7 Å². The van der Waals surface area contributed by atoms with Crippen LogP contribution in [-0.2, 0) is 0 Å². The Kier molecular flexibility index (Phi) is 3.23. The lowest BCUT2D eigenvalue weighted by atomic mass is 10.2. The molecule has 0 aliphatic carbocycles. The molecule has 88 valence electrons. The van der Waals surface area contributed by atoms with E-state index in [1.165, 1.54) is 18.5 Å². The molecule has 0 bridgehead atoms. The number of hydrogen-bond donors (Lipinski definition) is 2. The van der Waals surface area contributed by atoms with Crippen LogP contribution in [0.25, 0.3) is 0 Å². The molecule has 1 aromatic heterocycles. The average molecular weight is 300 g/mol. The third-order valence-electron chi connectivity index (χ3n) is 2.12. The van der Waals surface area contributed by atoms with Crippen LogP contribution in [0.2, 0.25) is 0 Å². The number of nitrogens with two attached hydrogens (primary N) is 1. The average Bonchev–Trinajstić information content (AvgIpc) is 2.25. The Morgan fingerprint density at radius 2 is 2.06 bits per heavy atom. The molecule has 0 aliphatic heterocycles. The Morgan fingerprint density at radius 1 is 1.29 bits per heavy atom. The van der Waals surface area contributed by atoms with Crippen molar-refractivity contribution in [1.29, 1.82) is 0 Å². The first kappa shape index (κ1) is 11.8. The van der Waals surface area contributed by atoms with Crippen LogP contribution in [0.15, 0.2) is 35.1 Å². The highest BCUT2D eigenvalue weighted by molar-refractivity contribution is 9.10. The fraction of sp³-hybridized carbons (Fsp3) is 0. The molecule has 2 aromatic rings. The highest BCUT2D eigenvalue weighted by Gasteiger charge is 2.10. The highest BCUT2D eigenvalue weighted by atomic mass is 79.9. The second kappa shape index (κ2) is 4.67. The lowest BCUT2D eigenvalue weighted by Gasteiger charge is -2.11. The van der Waals surface area contributed by atoms with Crippen molar-refractivity contribution in [2.45, 2.75) is 0 Å². The van der Waals surface area contributed by atoms with E-state index in [1.807, 2.05) is 0 Å². The first-order chi connectivity index (χ1) is 8.08. The van der Waals surface area contributed by atoms with Crippen molar-refractivity contribution >= 4 is 33.0 Å². The van der Waals surface area contributed by atoms with E-state index in [-0.39, 0.29) is 10.2 Å². The van der Waals surface area contributed by atoms with Gasteiger partial charge in [-0.1, -0.05) is 0 Å². The Hall–Kier alpha value is -1.69. The molecule has 3 N–H and O–H groups in total. The number of anilines is 3. The summed E-state index contributed by atoms with van der Waals surface area (Å²) in [6, 6.07) is 3.57. The third kappa shape index (κ3) is 2.52. The number of nitrogen functional groups attached to an aromatic ring is 1. The van der Waals surface area contributed by atoms with Crippen molar-refractivity contribution in [2.24, 2.45) is 0 Å². The topological polar surface area (TPSA) is 50.9 Å². The Morgan fingerprint density at radius 3 is 2.71 bits per heavy atom. The summed E-state index contributed by atoms with van der Waals surface area (Å²) < 4.78 is 26.7. The summed E-state index contributed by atoms with van der Waals surface area (Å²) in [5.41, 5.74) is 6.67. The highest BCUT2D eigenvalue weighted by Crippen LogP contribution is 2.31. The monoisotopic (exact) mass is 299 g/mol. The van der Waals surface area contributed by atoms with Gasteiger partial charge in [-0.2, -0.15) is 0 Å². The molecule has 3 nitrogen and oxygen atoms in total. The minimum Gasteiger partial charge on any atom is -0.396 e. The molecule has 0 saturated carbocycles. The minimum absolute atomic E-state index is 0.129. The summed E-state index contributed by atoms with van der Waals surface area (Å²) in [5, 5.41) is 2.78. The number of rotatable bonds is 2. The third-order valence-corrected chi connectivity index (χ3v) is 2.74. The predicted octanol–water partition coefficient (Wildman–Crippen LogP) is 3.45. The lowest BCUT2D eigenvalue weighted by molar-refractivity contribution is 0.584. The van der Waals surface area contributed by atoms with Crippen LogP contribution in [0.3, 0.4) is 0 Å². The van der Waals surface area contributed by atoms with Crippen molar-refractivity contribution in [3.63, 3.8) is 0 Å². The fourth-order valence-corrected chi connectivity index (χ4v) is 1.82. The molecular formula is C11H8BrF2N3. The summed E-state index contributed by atoms with van der Waals surface area (Å²) in [7, 11) is 0. The number of hydrogen-bond acceptors (Lipinski definition) is 3. The van der Waals surface area contributed by atoms with Gasteiger partial charge in [0.15, 0.2) is 5.82 Å². The van der Waals surface area contributed by atoms with Gasteiger partial charge in [0.1, 0.15) is 5.82 Å². The van der Waals surface area contributed by atoms with Gasteiger partial charge in [-0.15, -0.1) is 0 Å². The van der Waals surface area contributed by atoms with E-state index in [4.69, 9.17) is 5.73 Å². The van der Waals surface area contributed by atoms with Crippen molar-refractivity contribution in [2.75, 3.05) is 11.1 Å². The standard InChI is InChI=1S/C11H8BrF2N3/c12-7-3-6(13)4-8(14)11(7)17-10-1-2-16-5-9(10)15/h1-5H,15H2,(H,16,17). The minimum atomic E-state index is -0.701. The first-order valence-corrected chi connectivity index (χ1v) is 5.48. The largest absolute Gasteiger partial charge is 0.396 e. The first-order valence-electron chi connectivity index (χ1n) is 4.69. The van der Waals surface area contributed by atoms with E-state index in [9.17, 15) is 8.78 Å². The number of pyridine rings is 1. The van der Waals surface area contributed by atoms with Gasteiger partial charge < -0.3 is 11.1 Å². The smallest absolute Gasteiger partial charge is 0.150 e. The zero-order valence-corrected chi connectivity index (χ0v) is 10.1. The van der Waals surface area contributed by atoms with Gasteiger partial charge in [0.25, 0.3) is 0 Å². The maximum absolute atomic E-state index is 13.5. The number of nitrogens with one attached hydrogen (secondary N) is 1. The van der Waals surface area contributed by atoms with Crippen LogP contribution < -0.4 is 11.1 Å². The molecule has 0 aliphatic rings. The van der Waals surface area contributed by atoms with Gasteiger partial charge in [0.05, 0.1) is 23.3 Å². The van der Waals surface area contributed by atoms with Crippen LogP contribution in [0.5, 0.6) is 0 Å². The Labute approximate surface area is 105 Å². The molecule has 0 atom stereocenters. The maximum Gasteiger partial charge on any atom is 0.150 e. The van der Waals surface area contributed by atoms with Crippen molar-refractivity contribution in [3.8, 4) is 0 Å². The van der Waals surface area contributed by atoms with Crippen LogP contribution in [0, 0.1) is 11.6 Å². The lowest BCUT2D eigenvalue weighted by Crippen LogP contribution is -2.00. The molecule has 0 spiro atoms. The quantitative estimate of drug-likeness (QED) is 0.893. The SMILES string of the molecule is Nc1cnccc1Nc1c(F)cc(F)cc1Br. The number of halogens is 3. The van der Waals surface area contributed by atoms with Gasteiger partial charge >= 0.3 is 0 Å². The van der Waals surface area contributed by atoms with Crippen LogP contribution in [-0.4, -0.2) is 4.98 Å². The second-order valence-corrected chi connectivity index (χ2v) is 4.19. The van der Waals surface area contributed by atoms with Gasteiger partial charge in [-0.05, 0) is 28.1 Å². The fourth-order valence-electron chi connectivity index (χ4n) is 1.32. The molecule has 0 unspecified atom stereocenters. The predicted molar refractivity (Wildman–Crippen MR) is 66.0 cm³/mol. The van der Waals surface area contributed by atoms with Gasteiger partial charge in [0.2, 0.25) is 0 Å². The van der Waals surface area contributed by atoms with E-state index >= 15 is 0 Å². The number of nitrogens with zero attached hydrogens (tertiary/aromatic N) is 1. The Balaban J connectivity index is 2.40. The summed E-state index contributed by atoms with van der Waals surface area (Å²) >= 11 is 3.08. The van der Waals surface area contributed by atoms with E-state index in [0.29, 0.717) is 11.4 Å². The zero-order chi connectivity index (χ0) is 12.4. The second-order valence-electron chi connectivity index (χ2n) is 3.33. The Bertz CT molecular complexity index is 537. The van der Waals surface area contributed by atoms with Crippen LogP contribution >= 0.6 is 15.9 Å². The molecule has 1 heterocycles. The van der Waals surface area contributed by atoms with E-state index < -0.39 is 11.6 Å². The molecular weight excluding hydrogens is 292 g/mol. The maximum atomic E-state index is 13.5. The molecule has 1 aromatic carbocycles. The van der Waals surface area contributed by atoms with Gasteiger partial charge in [-0.25, -0.2) is 8.78 Å². The van der Waals surface area contributed by atoms with E-state index in [0.717, 1.165) is 6.07 Å². The summed E-state index contributed by atoms with van der Waals surface area (Å²) in [5.74, 6) is -1.35. The van der Waals surface area contributed by atoms with Crippen LogP contribution in [0.1, 0.15) is 0 Å². The molecule has 0 radical (unpaired) electrons. The van der Waals surface area contributed by atoms with Crippen LogP contribution in [0.4, 0.5) is 25.8 Å². The van der Waals surface area contributed by atoms with Crippen molar-refractivity contribution < 1.29 is 8.78 Å².